The summed E-state index contributed by atoms with van der Waals surface area (Å²) in [6, 6.07) is 0.118. The van der Waals surface area contributed by atoms with Gasteiger partial charge in [-0.2, -0.15) is 0 Å². The Balaban J connectivity index is 1.82. The fourth-order valence-electron chi connectivity index (χ4n) is 2.57. The minimum absolute atomic E-state index is 0.118. The molecule has 4 unspecified atom stereocenters. The van der Waals surface area contributed by atoms with E-state index >= 15 is 0 Å². The quantitative estimate of drug-likeness (QED) is 0.706. The van der Waals surface area contributed by atoms with Crippen molar-refractivity contribution in [3.63, 3.8) is 0 Å². The lowest BCUT2D eigenvalue weighted by atomic mass is 10.1. The summed E-state index contributed by atoms with van der Waals surface area (Å²) in [5.41, 5.74) is 0.959. The van der Waals surface area contributed by atoms with Gasteiger partial charge in [-0.1, -0.05) is 5.16 Å². The van der Waals surface area contributed by atoms with Crippen molar-refractivity contribution in [2.75, 3.05) is 6.54 Å². The van der Waals surface area contributed by atoms with Gasteiger partial charge < -0.3 is 14.9 Å². The van der Waals surface area contributed by atoms with E-state index in [1.807, 2.05) is 0 Å². The normalized spacial score (nSPS) is 39.4. The lowest BCUT2D eigenvalue weighted by Gasteiger charge is -2.11. The average Bonchev–Trinajstić information content (AvgIpc) is 2.57. The molecule has 0 spiro atoms. The Kier molecular flexibility index (Phi) is 1.47. The maximum absolute atomic E-state index is 10.8. The highest BCUT2D eigenvalue weighted by Crippen LogP contribution is 2.57. The molecule has 0 radical (unpaired) electrons. The number of carboxylic acid groups (broad SMARTS) is 1. The van der Waals surface area contributed by atoms with Gasteiger partial charge in [-0.3, -0.25) is 4.79 Å². The summed E-state index contributed by atoms with van der Waals surface area (Å²) in [6.45, 7) is 0.789. The van der Waals surface area contributed by atoms with E-state index in [4.69, 9.17) is 9.63 Å². The lowest BCUT2D eigenvalue weighted by Crippen LogP contribution is -2.22. The number of hydrogen-bond donors (Lipinski definition) is 2. The molecule has 1 aliphatic heterocycles. The number of nitrogens with one attached hydrogen (secondary N) is 1. The molecular formula is C9H10N2O3. The van der Waals surface area contributed by atoms with Crippen molar-refractivity contribution in [1.29, 1.82) is 0 Å². The number of aliphatic carboxylic acids is 1. The fourth-order valence-corrected chi connectivity index (χ4v) is 2.57. The highest BCUT2D eigenvalue weighted by atomic mass is 16.5. The minimum atomic E-state index is -0.678. The van der Waals surface area contributed by atoms with E-state index in [0.29, 0.717) is 5.92 Å². The highest BCUT2D eigenvalue weighted by Gasteiger charge is 2.62. The van der Waals surface area contributed by atoms with Crippen LogP contribution in [-0.2, 0) is 4.79 Å². The molecule has 4 atom stereocenters. The third-order valence-electron chi connectivity index (χ3n) is 3.28. The van der Waals surface area contributed by atoms with Crippen molar-refractivity contribution in [3.8, 4) is 0 Å². The van der Waals surface area contributed by atoms with Gasteiger partial charge in [0, 0.05) is 11.6 Å². The van der Waals surface area contributed by atoms with E-state index in [-0.39, 0.29) is 17.9 Å². The van der Waals surface area contributed by atoms with Gasteiger partial charge in [-0.05, 0) is 18.4 Å². The van der Waals surface area contributed by atoms with Crippen LogP contribution in [0.5, 0.6) is 0 Å². The van der Waals surface area contributed by atoms with Crippen LogP contribution in [0.2, 0.25) is 0 Å². The second-order valence-electron chi connectivity index (χ2n) is 3.95. The Morgan fingerprint density at radius 2 is 2.57 bits per heavy atom. The maximum Gasteiger partial charge on any atom is 0.307 e. The predicted molar refractivity (Wildman–Crippen MR) is 45.4 cm³/mol. The number of piperidine rings is 1. The molecule has 3 rings (SSSR count). The maximum atomic E-state index is 10.8. The van der Waals surface area contributed by atoms with Crippen LogP contribution in [0.25, 0.3) is 0 Å². The zero-order valence-electron chi connectivity index (χ0n) is 7.38. The molecule has 5 nitrogen and oxygen atoms in total. The smallest absolute Gasteiger partial charge is 0.307 e. The molecule has 14 heavy (non-hydrogen) atoms. The molecule has 5 heteroatoms. The lowest BCUT2D eigenvalue weighted by molar-refractivity contribution is -0.139. The summed E-state index contributed by atoms with van der Waals surface area (Å²) in [5, 5.41) is 15.8. The number of nitrogens with zero attached hydrogens (tertiary/aromatic N) is 1. The van der Waals surface area contributed by atoms with E-state index < -0.39 is 5.97 Å². The number of hydrogen-bond acceptors (Lipinski definition) is 4. The number of carbonyl (C=O) groups is 1. The summed E-state index contributed by atoms with van der Waals surface area (Å²) in [6.07, 6.45) is 3.23. The van der Waals surface area contributed by atoms with Crippen LogP contribution in [0.1, 0.15) is 11.6 Å². The van der Waals surface area contributed by atoms with Crippen LogP contribution in [-0.4, -0.2) is 22.8 Å². The van der Waals surface area contributed by atoms with E-state index in [9.17, 15) is 4.79 Å². The first-order valence-corrected chi connectivity index (χ1v) is 4.64. The van der Waals surface area contributed by atoms with Gasteiger partial charge in [0.2, 0.25) is 0 Å². The van der Waals surface area contributed by atoms with Crippen LogP contribution in [0.4, 0.5) is 0 Å². The highest BCUT2D eigenvalue weighted by molar-refractivity contribution is 5.75. The number of carboxylic acids is 1. The molecule has 2 aliphatic rings. The van der Waals surface area contributed by atoms with E-state index in [1.165, 1.54) is 0 Å². The molecule has 1 aliphatic carbocycles. The van der Waals surface area contributed by atoms with Crippen LogP contribution in [0, 0.1) is 17.8 Å². The summed E-state index contributed by atoms with van der Waals surface area (Å²) in [5.74, 6) is -0.321. The van der Waals surface area contributed by atoms with Gasteiger partial charge in [0.05, 0.1) is 12.1 Å². The number of aromatic nitrogens is 1. The molecule has 1 saturated carbocycles. The monoisotopic (exact) mass is 194 g/mol. The Morgan fingerprint density at radius 3 is 3.14 bits per heavy atom. The van der Waals surface area contributed by atoms with Crippen LogP contribution in [0.3, 0.4) is 0 Å². The summed E-state index contributed by atoms with van der Waals surface area (Å²) >= 11 is 0. The van der Waals surface area contributed by atoms with Gasteiger partial charge in [0.1, 0.15) is 6.26 Å². The average molecular weight is 194 g/mol. The molecule has 2 heterocycles. The van der Waals surface area contributed by atoms with Gasteiger partial charge in [0.15, 0.2) is 0 Å². The molecule has 0 bridgehead atoms. The third-order valence-corrected chi connectivity index (χ3v) is 3.28. The topological polar surface area (TPSA) is 75.4 Å². The van der Waals surface area contributed by atoms with Crippen LogP contribution < -0.4 is 5.32 Å². The first-order valence-electron chi connectivity index (χ1n) is 4.64. The van der Waals surface area contributed by atoms with E-state index in [1.54, 1.807) is 12.5 Å². The minimum Gasteiger partial charge on any atom is -0.481 e. The van der Waals surface area contributed by atoms with Crippen LogP contribution >= 0.6 is 0 Å². The Labute approximate surface area is 80.1 Å². The van der Waals surface area contributed by atoms with Crippen molar-refractivity contribution in [1.82, 2.24) is 10.5 Å². The molecular weight excluding hydrogens is 184 g/mol. The van der Waals surface area contributed by atoms with Crippen molar-refractivity contribution < 1.29 is 14.4 Å². The van der Waals surface area contributed by atoms with Crippen molar-refractivity contribution in [3.05, 3.63) is 18.0 Å². The third kappa shape index (κ3) is 0.928. The standard InChI is InChI=1S/C9H10N2O3/c12-9(13)7-5-2-10-8(6(5)7)4-1-11-14-3-4/h1,3,5-8,10H,2H2,(H,12,13). The molecule has 2 N–H and O–H groups in total. The van der Waals surface area contributed by atoms with Crippen molar-refractivity contribution >= 4 is 5.97 Å². The molecule has 1 aromatic heterocycles. The molecule has 2 fully saturated rings. The first-order chi connectivity index (χ1) is 6.79. The predicted octanol–water partition coefficient (Wildman–Crippen LogP) is 0.266. The van der Waals surface area contributed by atoms with Crippen molar-refractivity contribution in [2.24, 2.45) is 17.8 Å². The second-order valence-corrected chi connectivity index (χ2v) is 3.95. The largest absolute Gasteiger partial charge is 0.481 e. The van der Waals surface area contributed by atoms with Gasteiger partial charge >= 0.3 is 5.97 Å². The SMILES string of the molecule is O=C(O)C1C2CNC(c3cnoc3)C21. The molecule has 1 saturated heterocycles. The summed E-state index contributed by atoms with van der Waals surface area (Å²) < 4.78 is 4.75. The van der Waals surface area contributed by atoms with Gasteiger partial charge in [-0.15, -0.1) is 0 Å². The zero-order chi connectivity index (χ0) is 9.71. The van der Waals surface area contributed by atoms with E-state index in [0.717, 1.165) is 12.1 Å². The Bertz CT molecular complexity index is 362. The summed E-state index contributed by atoms with van der Waals surface area (Å²) in [7, 11) is 0. The molecule has 0 aromatic carbocycles. The molecule has 0 amide bonds. The summed E-state index contributed by atoms with van der Waals surface area (Å²) in [4.78, 5) is 10.8. The second kappa shape index (κ2) is 2.57. The van der Waals surface area contributed by atoms with Gasteiger partial charge in [0.25, 0.3) is 0 Å². The zero-order valence-corrected chi connectivity index (χ0v) is 7.38. The van der Waals surface area contributed by atoms with Crippen molar-refractivity contribution in [2.45, 2.75) is 6.04 Å². The Morgan fingerprint density at radius 1 is 1.71 bits per heavy atom. The molecule has 1 aromatic rings. The van der Waals surface area contributed by atoms with E-state index in [2.05, 4.69) is 10.5 Å². The molecule has 74 valence electrons. The van der Waals surface area contributed by atoms with Crippen LogP contribution in [0.15, 0.2) is 17.0 Å². The van der Waals surface area contributed by atoms with Gasteiger partial charge in [-0.25, -0.2) is 0 Å². The number of rotatable bonds is 2. The number of fused-ring (bicyclic) bond motifs is 1. The fraction of sp³-hybridized carbons (Fsp3) is 0.556. The Hall–Kier alpha value is -1.36. The first kappa shape index (κ1) is 7.99.